The van der Waals surface area contributed by atoms with Gasteiger partial charge in [-0.25, -0.2) is 0 Å². The fourth-order valence-electron chi connectivity index (χ4n) is 1.39. The highest BCUT2D eigenvalue weighted by atomic mass is 16.5. The molecule has 1 N–H and O–H groups in total. The molecule has 0 aromatic rings. The first-order valence-electron chi connectivity index (χ1n) is 6.31. The average Bonchev–Trinajstić information content (AvgIpc) is 2.26. The maximum Gasteiger partial charge on any atom is 0.0478 e. The summed E-state index contributed by atoms with van der Waals surface area (Å²) in [5.74, 6) is 0. The first-order valence-corrected chi connectivity index (χ1v) is 6.31. The van der Waals surface area contributed by atoms with Gasteiger partial charge in [0.05, 0.1) is 0 Å². The summed E-state index contributed by atoms with van der Waals surface area (Å²) >= 11 is 0. The summed E-state index contributed by atoms with van der Waals surface area (Å²) < 4.78 is 5.39. The molecule has 0 saturated heterocycles. The molecule has 15 heavy (non-hydrogen) atoms. The van der Waals surface area contributed by atoms with Crippen LogP contribution in [0.1, 0.15) is 45.4 Å². The van der Waals surface area contributed by atoms with Gasteiger partial charge in [-0.15, -0.1) is 6.58 Å². The van der Waals surface area contributed by atoms with Gasteiger partial charge < -0.3 is 10.1 Å². The van der Waals surface area contributed by atoms with Crippen molar-refractivity contribution in [1.82, 2.24) is 5.32 Å². The molecule has 0 radical (unpaired) electrons. The Labute approximate surface area is 95.1 Å². The number of hydrogen-bond donors (Lipinski definition) is 1. The van der Waals surface area contributed by atoms with Crippen molar-refractivity contribution in [1.29, 1.82) is 0 Å². The zero-order valence-electron chi connectivity index (χ0n) is 10.3. The van der Waals surface area contributed by atoms with Crippen LogP contribution in [0.25, 0.3) is 0 Å². The second kappa shape index (κ2) is 13.7. The Morgan fingerprint density at radius 2 is 1.87 bits per heavy atom. The Balaban J connectivity index is 2.83. The first-order chi connectivity index (χ1) is 7.41. The fraction of sp³-hybridized carbons (Fsp3) is 0.846. The summed E-state index contributed by atoms with van der Waals surface area (Å²) in [7, 11) is 0. The molecule has 0 rings (SSSR count). The van der Waals surface area contributed by atoms with Gasteiger partial charge in [0.15, 0.2) is 0 Å². The van der Waals surface area contributed by atoms with Crippen LogP contribution in [0.3, 0.4) is 0 Å². The highest BCUT2D eigenvalue weighted by Crippen LogP contribution is 1.98. The van der Waals surface area contributed by atoms with Gasteiger partial charge in [0, 0.05) is 13.2 Å². The zero-order valence-corrected chi connectivity index (χ0v) is 10.3. The maximum atomic E-state index is 5.39. The molecule has 0 unspecified atom stereocenters. The third-order valence-electron chi connectivity index (χ3n) is 2.25. The van der Waals surface area contributed by atoms with Gasteiger partial charge in [-0.05, 0) is 45.2 Å². The van der Waals surface area contributed by atoms with Crippen LogP contribution >= 0.6 is 0 Å². The second-order valence-electron chi connectivity index (χ2n) is 3.85. The summed E-state index contributed by atoms with van der Waals surface area (Å²) in [6.07, 6.45) is 9.28. The van der Waals surface area contributed by atoms with Crippen LogP contribution in [0.4, 0.5) is 0 Å². The van der Waals surface area contributed by atoms with Crippen molar-refractivity contribution in [2.24, 2.45) is 0 Å². The van der Waals surface area contributed by atoms with E-state index in [-0.39, 0.29) is 0 Å². The minimum Gasteiger partial charge on any atom is -0.381 e. The molecule has 0 aliphatic heterocycles. The average molecular weight is 213 g/mol. The lowest BCUT2D eigenvalue weighted by atomic mass is 10.2. The summed E-state index contributed by atoms with van der Waals surface area (Å²) in [5, 5.41) is 3.43. The Morgan fingerprint density at radius 1 is 1.07 bits per heavy atom. The zero-order chi connectivity index (χ0) is 11.2. The van der Waals surface area contributed by atoms with E-state index >= 15 is 0 Å². The molecule has 0 bridgehead atoms. The van der Waals surface area contributed by atoms with Crippen molar-refractivity contribution in [2.75, 3.05) is 26.3 Å². The number of allylic oxidation sites excluding steroid dienone is 1. The van der Waals surface area contributed by atoms with Crippen LogP contribution in [0, 0.1) is 0 Å². The topological polar surface area (TPSA) is 21.3 Å². The lowest BCUT2D eigenvalue weighted by molar-refractivity contribution is 0.132. The van der Waals surface area contributed by atoms with Gasteiger partial charge in [-0.3, -0.25) is 0 Å². The molecule has 0 aliphatic carbocycles. The van der Waals surface area contributed by atoms with E-state index in [1.807, 2.05) is 6.08 Å². The monoisotopic (exact) mass is 213 g/mol. The molecular weight excluding hydrogens is 186 g/mol. The van der Waals surface area contributed by atoms with Crippen molar-refractivity contribution >= 4 is 0 Å². The maximum absolute atomic E-state index is 5.39. The summed E-state index contributed by atoms with van der Waals surface area (Å²) in [5.41, 5.74) is 0. The van der Waals surface area contributed by atoms with Crippen molar-refractivity contribution in [3.63, 3.8) is 0 Å². The third-order valence-corrected chi connectivity index (χ3v) is 2.25. The van der Waals surface area contributed by atoms with Crippen LogP contribution in [-0.2, 0) is 4.74 Å². The molecule has 0 spiro atoms. The van der Waals surface area contributed by atoms with E-state index in [0.717, 1.165) is 45.6 Å². The molecular formula is C13H27NO. The smallest absolute Gasteiger partial charge is 0.0478 e. The number of hydrogen-bond acceptors (Lipinski definition) is 2. The normalized spacial score (nSPS) is 10.5. The van der Waals surface area contributed by atoms with E-state index in [0.29, 0.717) is 0 Å². The van der Waals surface area contributed by atoms with E-state index in [4.69, 9.17) is 4.74 Å². The quantitative estimate of drug-likeness (QED) is 0.397. The van der Waals surface area contributed by atoms with Gasteiger partial charge >= 0.3 is 0 Å². The van der Waals surface area contributed by atoms with Crippen LogP contribution in [0.2, 0.25) is 0 Å². The van der Waals surface area contributed by atoms with E-state index in [1.54, 1.807) is 0 Å². The van der Waals surface area contributed by atoms with Crippen molar-refractivity contribution < 1.29 is 4.74 Å². The molecule has 2 heteroatoms. The number of ether oxygens (including phenoxy) is 1. The molecule has 2 nitrogen and oxygen atoms in total. The van der Waals surface area contributed by atoms with Crippen LogP contribution < -0.4 is 5.32 Å². The molecule has 0 saturated carbocycles. The number of nitrogens with one attached hydrogen (secondary N) is 1. The van der Waals surface area contributed by atoms with E-state index in [9.17, 15) is 0 Å². The molecule has 0 aliphatic rings. The molecule has 0 aromatic carbocycles. The molecule has 0 aromatic heterocycles. The van der Waals surface area contributed by atoms with Crippen LogP contribution in [-0.4, -0.2) is 26.3 Å². The lowest BCUT2D eigenvalue weighted by Crippen LogP contribution is -2.18. The largest absolute Gasteiger partial charge is 0.381 e. The predicted octanol–water partition coefficient (Wildman–Crippen LogP) is 3.14. The number of unbranched alkanes of at least 4 members (excludes halogenated alkanes) is 3. The SMILES string of the molecule is C=CCCCCCNCCCOCCC. The van der Waals surface area contributed by atoms with Gasteiger partial charge in [0.1, 0.15) is 0 Å². The van der Waals surface area contributed by atoms with Crippen LogP contribution in [0.15, 0.2) is 12.7 Å². The molecule has 90 valence electrons. The molecule has 0 amide bonds. The van der Waals surface area contributed by atoms with E-state index in [1.165, 1.54) is 19.3 Å². The Kier molecular flexibility index (Phi) is 13.4. The van der Waals surface area contributed by atoms with Gasteiger partial charge in [-0.2, -0.15) is 0 Å². The second-order valence-corrected chi connectivity index (χ2v) is 3.85. The van der Waals surface area contributed by atoms with Gasteiger partial charge in [0.25, 0.3) is 0 Å². The summed E-state index contributed by atoms with van der Waals surface area (Å²) in [6.45, 7) is 9.89. The standard InChI is InChI=1S/C13H27NO/c1-3-5-6-7-8-10-14-11-9-13-15-12-4-2/h3,14H,1,4-13H2,2H3. The highest BCUT2D eigenvalue weighted by Gasteiger charge is 1.90. The summed E-state index contributed by atoms with van der Waals surface area (Å²) in [6, 6.07) is 0. The van der Waals surface area contributed by atoms with Crippen molar-refractivity contribution in [3.8, 4) is 0 Å². The first kappa shape index (κ1) is 14.7. The van der Waals surface area contributed by atoms with Gasteiger partial charge in [0.2, 0.25) is 0 Å². The minimum absolute atomic E-state index is 0.900. The molecule has 0 heterocycles. The Bertz CT molecular complexity index is 126. The van der Waals surface area contributed by atoms with Crippen LogP contribution in [0.5, 0.6) is 0 Å². The fourth-order valence-corrected chi connectivity index (χ4v) is 1.39. The predicted molar refractivity (Wildman–Crippen MR) is 67.3 cm³/mol. The Hall–Kier alpha value is -0.340. The van der Waals surface area contributed by atoms with E-state index < -0.39 is 0 Å². The van der Waals surface area contributed by atoms with Gasteiger partial charge in [-0.1, -0.05) is 19.4 Å². The third kappa shape index (κ3) is 13.7. The van der Waals surface area contributed by atoms with E-state index in [2.05, 4.69) is 18.8 Å². The molecule has 0 atom stereocenters. The Morgan fingerprint density at radius 3 is 2.60 bits per heavy atom. The number of rotatable bonds is 12. The van der Waals surface area contributed by atoms with Crippen molar-refractivity contribution in [2.45, 2.75) is 45.4 Å². The van der Waals surface area contributed by atoms with Crippen molar-refractivity contribution in [3.05, 3.63) is 12.7 Å². The lowest BCUT2D eigenvalue weighted by Gasteiger charge is -2.04. The molecule has 0 fully saturated rings. The minimum atomic E-state index is 0.900. The summed E-state index contributed by atoms with van der Waals surface area (Å²) in [4.78, 5) is 0. The highest BCUT2D eigenvalue weighted by molar-refractivity contribution is 4.65.